The van der Waals surface area contributed by atoms with E-state index in [0.29, 0.717) is 26.7 Å². The molecule has 3 aromatic rings. The minimum atomic E-state index is -0.733. The van der Waals surface area contributed by atoms with Crippen LogP contribution in [-0.2, 0) is 14.3 Å². The van der Waals surface area contributed by atoms with Crippen molar-refractivity contribution < 1.29 is 23.1 Å². The molecule has 1 fully saturated rings. The van der Waals surface area contributed by atoms with Crippen molar-refractivity contribution in [3.8, 4) is 0 Å². The van der Waals surface area contributed by atoms with Gasteiger partial charge in [0, 0.05) is 0 Å². The van der Waals surface area contributed by atoms with Gasteiger partial charge in [0.1, 0.15) is 23.7 Å². The number of thiazole rings is 1. The zero-order valence-electron chi connectivity index (χ0n) is 15.8. The van der Waals surface area contributed by atoms with Gasteiger partial charge in [-0.05, 0) is 49.6 Å². The van der Waals surface area contributed by atoms with E-state index in [1.165, 1.54) is 34.6 Å². The standard InChI is InChI=1S/C22H17FN2O4S/c23-11-7-8-13-16(10-11)30-22(24-13)25-18(15-6-3-9-28-15)17-19(26)12-4-1-2-5-14(12)29-20(17)21(25)27/h3,6-10,12,14,18H,1-2,4-5H2. The van der Waals surface area contributed by atoms with Gasteiger partial charge >= 0.3 is 0 Å². The predicted octanol–water partition coefficient (Wildman–Crippen LogP) is 4.53. The van der Waals surface area contributed by atoms with Gasteiger partial charge in [0.2, 0.25) is 0 Å². The fraction of sp³-hybridized carbons (Fsp3) is 0.318. The Morgan fingerprint density at radius 3 is 2.87 bits per heavy atom. The normalized spacial score (nSPS) is 26.2. The number of furan rings is 1. The number of aromatic nitrogens is 1. The smallest absolute Gasteiger partial charge is 0.296 e. The molecule has 0 bridgehead atoms. The zero-order valence-corrected chi connectivity index (χ0v) is 16.7. The number of carbonyl (C=O) groups is 2. The summed E-state index contributed by atoms with van der Waals surface area (Å²) in [4.78, 5) is 32.9. The van der Waals surface area contributed by atoms with Gasteiger partial charge < -0.3 is 9.15 Å². The lowest BCUT2D eigenvalue weighted by molar-refractivity contribution is -0.131. The minimum Gasteiger partial charge on any atom is -0.483 e. The van der Waals surface area contributed by atoms with Crippen molar-refractivity contribution in [3.63, 3.8) is 0 Å². The lowest BCUT2D eigenvalue weighted by atomic mass is 9.78. The molecule has 0 saturated heterocycles. The lowest BCUT2D eigenvalue weighted by Crippen LogP contribution is -2.39. The van der Waals surface area contributed by atoms with E-state index in [4.69, 9.17) is 9.15 Å². The van der Waals surface area contributed by atoms with Crippen LogP contribution in [0, 0.1) is 11.7 Å². The van der Waals surface area contributed by atoms with Crippen LogP contribution in [0.5, 0.6) is 0 Å². The lowest BCUT2D eigenvalue weighted by Gasteiger charge is -2.35. The Morgan fingerprint density at radius 1 is 1.17 bits per heavy atom. The Bertz CT molecular complexity index is 1220. The minimum absolute atomic E-state index is 0.0367. The summed E-state index contributed by atoms with van der Waals surface area (Å²) in [7, 11) is 0. The molecule has 1 aliphatic carbocycles. The first-order chi connectivity index (χ1) is 14.6. The fourth-order valence-corrected chi connectivity index (χ4v) is 5.76. The number of fused-ring (bicyclic) bond motifs is 2. The highest BCUT2D eigenvalue weighted by Gasteiger charge is 2.54. The van der Waals surface area contributed by atoms with Crippen LogP contribution in [0.2, 0.25) is 0 Å². The predicted molar refractivity (Wildman–Crippen MR) is 107 cm³/mol. The molecule has 0 spiro atoms. The molecule has 6 rings (SSSR count). The first-order valence-corrected chi connectivity index (χ1v) is 10.8. The van der Waals surface area contributed by atoms with Crippen molar-refractivity contribution in [3.05, 3.63) is 59.5 Å². The first-order valence-electron chi connectivity index (χ1n) is 10.00. The molecule has 3 unspecified atom stereocenters. The van der Waals surface area contributed by atoms with Gasteiger partial charge in [-0.2, -0.15) is 0 Å². The largest absolute Gasteiger partial charge is 0.483 e. The zero-order chi connectivity index (χ0) is 20.4. The second kappa shape index (κ2) is 6.50. The molecule has 8 heteroatoms. The molecule has 6 nitrogen and oxygen atoms in total. The number of ketones is 1. The molecule has 2 aliphatic heterocycles. The quantitative estimate of drug-likeness (QED) is 0.604. The third-order valence-corrected chi connectivity index (χ3v) is 7.14. The third-order valence-electron chi connectivity index (χ3n) is 6.12. The molecule has 0 radical (unpaired) electrons. The fourth-order valence-electron chi connectivity index (χ4n) is 4.75. The maximum Gasteiger partial charge on any atom is 0.296 e. The Morgan fingerprint density at radius 2 is 2.03 bits per heavy atom. The highest BCUT2D eigenvalue weighted by molar-refractivity contribution is 7.22. The molecule has 1 aromatic carbocycles. The SMILES string of the molecule is O=C1C2=C(OC3CCCCC13)C(=O)N(c1nc3ccc(F)cc3s1)C2c1ccco1. The third kappa shape index (κ3) is 2.49. The second-order valence-corrected chi connectivity index (χ2v) is 8.86. The number of ether oxygens (including phenoxy) is 1. The number of hydrogen-bond donors (Lipinski definition) is 0. The highest BCUT2D eigenvalue weighted by atomic mass is 32.1. The van der Waals surface area contributed by atoms with Gasteiger partial charge in [0.25, 0.3) is 5.91 Å². The summed E-state index contributed by atoms with van der Waals surface area (Å²) in [5.41, 5.74) is 0.941. The Labute approximate surface area is 174 Å². The van der Waals surface area contributed by atoms with Gasteiger partial charge in [0.15, 0.2) is 16.7 Å². The molecule has 30 heavy (non-hydrogen) atoms. The van der Waals surface area contributed by atoms with E-state index in [0.717, 1.165) is 25.7 Å². The van der Waals surface area contributed by atoms with Gasteiger partial charge in [-0.1, -0.05) is 17.8 Å². The van der Waals surface area contributed by atoms with E-state index in [1.807, 2.05) is 0 Å². The van der Waals surface area contributed by atoms with E-state index in [9.17, 15) is 14.0 Å². The van der Waals surface area contributed by atoms with Gasteiger partial charge in [0.05, 0.1) is 28.0 Å². The molecule has 152 valence electrons. The van der Waals surface area contributed by atoms with Crippen LogP contribution in [0.25, 0.3) is 10.2 Å². The maximum absolute atomic E-state index is 13.7. The molecule has 1 saturated carbocycles. The Kier molecular flexibility index (Phi) is 3.86. The van der Waals surface area contributed by atoms with Crippen molar-refractivity contribution >= 4 is 38.4 Å². The van der Waals surface area contributed by atoms with Crippen molar-refractivity contribution in [1.82, 2.24) is 4.98 Å². The summed E-state index contributed by atoms with van der Waals surface area (Å²) in [6, 6.07) is 7.04. The molecule has 2 aromatic heterocycles. The molecule has 3 aliphatic rings. The first kappa shape index (κ1) is 17.8. The average molecular weight is 424 g/mol. The van der Waals surface area contributed by atoms with Crippen LogP contribution in [0.3, 0.4) is 0 Å². The summed E-state index contributed by atoms with van der Waals surface area (Å²) in [5, 5.41) is 0.385. The van der Waals surface area contributed by atoms with E-state index >= 15 is 0 Å². The maximum atomic E-state index is 13.7. The summed E-state index contributed by atoms with van der Waals surface area (Å²) in [6.45, 7) is 0. The molecular weight excluding hydrogens is 407 g/mol. The van der Waals surface area contributed by atoms with Crippen LogP contribution >= 0.6 is 11.3 Å². The van der Waals surface area contributed by atoms with Gasteiger partial charge in [-0.3, -0.25) is 14.5 Å². The summed E-state index contributed by atoms with van der Waals surface area (Å²) in [6.07, 6.45) is 4.76. The van der Waals surface area contributed by atoms with Crippen molar-refractivity contribution in [2.75, 3.05) is 4.90 Å². The van der Waals surface area contributed by atoms with Crippen LogP contribution in [-0.4, -0.2) is 22.8 Å². The average Bonchev–Trinajstić information content (AvgIpc) is 3.46. The van der Waals surface area contributed by atoms with E-state index < -0.39 is 11.9 Å². The van der Waals surface area contributed by atoms with Crippen LogP contribution < -0.4 is 4.90 Å². The Hall–Kier alpha value is -3.00. The topological polar surface area (TPSA) is 72.6 Å². The molecule has 0 N–H and O–H groups in total. The summed E-state index contributed by atoms with van der Waals surface area (Å²) < 4.78 is 26.0. The number of halogens is 1. The summed E-state index contributed by atoms with van der Waals surface area (Å²) >= 11 is 1.20. The number of rotatable bonds is 2. The monoisotopic (exact) mass is 424 g/mol. The second-order valence-electron chi connectivity index (χ2n) is 7.86. The van der Waals surface area contributed by atoms with Crippen LogP contribution in [0.15, 0.2) is 52.3 Å². The number of nitrogens with zero attached hydrogens (tertiary/aromatic N) is 2. The van der Waals surface area contributed by atoms with Gasteiger partial charge in [-0.15, -0.1) is 0 Å². The Balaban J connectivity index is 1.50. The van der Waals surface area contributed by atoms with Crippen molar-refractivity contribution in [2.45, 2.75) is 37.8 Å². The summed E-state index contributed by atoms with van der Waals surface area (Å²) in [5.74, 6) is -0.450. The number of hydrogen-bond acceptors (Lipinski definition) is 6. The number of benzene rings is 1. The van der Waals surface area contributed by atoms with Crippen molar-refractivity contribution in [2.24, 2.45) is 5.92 Å². The molecule has 4 heterocycles. The number of Topliss-reactive ketones (excluding diaryl/α,β-unsaturated/α-hetero) is 1. The van der Waals surface area contributed by atoms with Crippen molar-refractivity contribution in [1.29, 1.82) is 0 Å². The van der Waals surface area contributed by atoms with Gasteiger partial charge in [-0.25, -0.2) is 9.37 Å². The van der Waals surface area contributed by atoms with E-state index in [1.54, 1.807) is 18.2 Å². The molecule has 1 amide bonds. The molecular formula is C22H17FN2O4S. The number of carbonyl (C=O) groups excluding carboxylic acids is 2. The number of anilines is 1. The van der Waals surface area contributed by atoms with E-state index in [-0.39, 0.29) is 29.4 Å². The van der Waals surface area contributed by atoms with Crippen LogP contribution in [0.1, 0.15) is 37.5 Å². The van der Waals surface area contributed by atoms with E-state index in [2.05, 4.69) is 4.98 Å². The highest BCUT2D eigenvalue weighted by Crippen LogP contribution is 2.49. The molecule has 3 atom stereocenters. The van der Waals surface area contributed by atoms with Crippen LogP contribution in [0.4, 0.5) is 9.52 Å². The number of amides is 1.